The fourth-order valence-corrected chi connectivity index (χ4v) is 5.39. The van der Waals surface area contributed by atoms with Crippen molar-refractivity contribution in [3.8, 4) is 0 Å². The minimum atomic E-state index is -3.26. The van der Waals surface area contributed by atoms with Gasteiger partial charge < -0.3 is 4.90 Å². The van der Waals surface area contributed by atoms with Crippen molar-refractivity contribution in [2.45, 2.75) is 32.2 Å². The molecule has 1 saturated heterocycles. The highest BCUT2D eigenvalue weighted by Crippen LogP contribution is 2.23. The molecule has 0 bridgehead atoms. The Kier molecular flexibility index (Phi) is 7.45. The molecule has 0 saturated carbocycles. The van der Waals surface area contributed by atoms with Crippen LogP contribution < -0.4 is 0 Å². The largest absolute Gasteiger partial charge is 0.341 e. The third-order valence-corrected chi connectivity index (χ3v) is 7.50. The van der Waals surface area contributed by atoms with Gasteiger partial charge in [-0.05, 0) is 36.8 Å². The first-order valence-corrected chi connectivity index (χ1v) is 11.9. The molecule has 0 spiro atoms. The zero-order chi connectivity index (χ0) is 20.7. The maximum Gasteiger partial charge on any atom is 0.225 e. The highest BCUT2D eigenvalue weighted by molar-refractivity contribution is 7.89. The molecule has 6 heteroatoms. The van der Waals surface area contributed by atoms with Crippen LogP contribution in [0.25, 0.3) is 0 Å². The standard InChI is InChI=1S/C23H30N2O3S/c1-24(19-21-11-6-3-7-12-21)23(26)22-14-16-25(17-15-22)29(27,28)18-8-13-20-9-4-2-5-10-20/h2-7,9-12,22H,8,13-19H2,1H3. The lowest BCUT2D eigenvalue weighted by molar-refractivity contribution is -0.135. The minimum Gasteiger partial charge on any atom is -0.341 e. The summed E-state index contributed by atoms with van der Waals surface area (Å²) in [6.07, 6.45) is 2.57. The zero-order valence-corrected chi connectivity index (χ0v) is 17.9. The van der Waals surface area contributed by atoms with Crippen LogP contribution in [-0.2, 0) is 27.8 Å². The summed E-state index contributed by atoms with van der Waals surface area (Å²) in [5.74, 6) is 0.170. The van der Waals surface area contributed by atoms with Crippen LogP contribution in [0, 0.1) is 5.92 Å². The Morgan fingerprint density at radius 3 is 2.10 bits per heavy atom. The molecule has 0 aliphatic carbocycles. The zero-order valence-electron chi connectivity index (χ0n) is 17.0. The summed E-state index contributed by atoms with van der Waals surface area (Å²) in [5, 5.41) is 0. The Morgan fingerprint density at radius 2 is 1.52 bits per heavy atom. The number of piperidine rings is 1. The van der Waals surface area contributed by atoms with E-state index < -0.39 is 10.0 Å². The summed E-state index contributed by atoms with van der Waals surface area (Å²) in [7, 11) is -1.44. The van der Waals surface area contributed by atoms with Gasteiger partial charge in [-0.3, -0.25) is 4.79 Å². The van der Waals surface area contributed by atoms with Crippen molar-refractivity contribution in [1.82, 2.24) is 9.21 Å². The number of carbonyl (C=O) groups is 1. The molecule has 0 aromatic heterocycles. The molecule has 1 aliphatic heterocycles. The fourth-order valence-electron chi connectivity index (χ4n) is 3.86. The van der Waals surface area contributed by atoms with E-state index in [-0.39, 0.29) is 17.6 Å². The molecular formula is C23H30N2O3S. The first-order chi connectivity index (χ1) is 14.0. The summed E-state index contributed by atoms with van der Waals surface area (Å²) >= 11 is 0. The van der Waals surface area contributed by atoms with Crippen LogP contribution in [0.4, 0.5) is 0 Å². The maximum atomic E-state index is 12.7. The number of amides is 1. The second-order valence-electron chi connectivity index (χ2n) is 7.76. The smallest absolute Gasteiger partial charge is 0.225 e. The second-order valence-corrected chi connectivity index (χ2v) is 9.85. The van der Waals surface area contributed by atoms with Crippen molar-refractivity contribution in [1.29, 1.82) is 0 Å². The molecule has 1 aliphatic rings. The Balaban J connectivity index is 1.45. The van der Waals surface area contributed by atoms with Crippen molar-refractivity contribution >= 4 is 15.9 Å². The molecule has 1 heterocycles. The average molecular weight is 415 g/mol. The number of rotatable bonds is 8. The molecule has 1 amide bonds. The molecule has 29 heavy (non-hydrogen) atoms. The predicted molar refractivity (Wildman–Crippen MR) is 116 cm³/mol. The van der Waals surface area contributed by atoms with Gasteiger partial charge in [-0.2, -0.15) is 0 Å². The average Bonchev–Trinajstić information content (AvgIpc) is 2.74. The van der Waals surface area contributed by atoms with E-state index in [1.54, 1.807) is 9.21 Å². The van der Waals surface area contributed by atoms with Gasteiger partial charge in [-0.1, -0.05) is 60.7 Å². The number of nitrogens with zero attached hydrogens (tertiary/aromatic N) is 2. The SMILES string of the molecule is CN(Cc1ccccc1)C(=O)C1CCN(S(=O)(=O)CCCc2ccccc2)CC1. The van der Waals surface area contributed by atoms with Crippen molar-refractivity contribution in [3.05, 3.63) is 71.8 Å². The van der Waals surface area contributed by atoms with E-state index in [1.165, 1.54) is 0 Å². The van der Waals surface area contributed by atoms with E-state index in [9.17, 15) is 13.2 Å². The third-order valence-electron chi connectivity index (χ3n) is 5.55. The summed E-state index contributed by atoms with van der Waals surface area (Å²) in [6, 6.07) is 19.9. The number of carbonyl (C=O) groups excluding carboxylic acids is 1. The Labute approximate surface area is 174 Å². The van der Waals surface area contributed by atoms with E-state index in [4.69, 9.17) is 0 Å². The monoisotopic (exact) mass is 414 g/mol. The van der Waals surface area contributed by atoms with Gasteiger partial charge in [0.1, 0.15) is 0 Å². The molecule has 0 radical (unpaired) electrons. The van der Waals surface area contributed by atoms with Crippen LogP contribution in [0.15, 0.2) is 60.7 Å². The lowest BCUT2D eigenvalue weighted by Crippen LogP contribution is -2.44. The highest BCUT2D eigenvalue weighted by Gasteiger charge is 2.32. The van der Waals surface area contributed by atoms with Crippen LogP contribution in [0.2, 0.25) is 0 Å². The third kappa shape index (κ3) is 6.15. The molecule has 2 aromatic carbocycles. The number of benzene rings is 2. The first-order valence-electron chi connectivity index (χ1n) is 10.3. The Morgan fingerprint density at radius 1 is 0.966 bits per heavy atom. The van der Waals surface area contributed by atoms with Crippen LogP contribution in [0.3, 0.4) is 0 Å². The fraction of sp³-hybridized carbons (Fsp3) is 0.435. The van der Waals surface area contributed by atoms with Crippen LogP contribution >= 0.6 is 0 Å². The molecule has 1 fully saturated rings. The lowest BCUT2D eigenvalue weighted by Gasteiger charge is -2.32. The maximum absolute atomic E-state index is 12.7. The van der Waals surface area contributed by atoms with E-state index >= 15 is 0 Å². The molecule has 156 valence electrons. The summed E-state index contributed by atoms with van der Waals surface area (Å²) in [5.41, 5.74) is 2.26. The molecule has 3 rings (SSSR count). The molecule has 2 aromatic rings. The second kappa shape index (κ2) is 10.0. The van der Waals surface area contributed by atoms with Gasteiger partial charge in [0.15, 0.2) is 0 Å². The number of hydrogen-bond donors (Lipinski definition) is 0. The van der Waals surface area contributed by atoms with Gasteiger partial charge >= 0.3 is 0 Å². The van der Waals surface area contributed by atoms with E-state index in [2.05, 4.69) is 0 Å². The van der Waals surface area contributed by atoms with Crippen molar-refractivity contribution in [2.75, 3.05) is 25.9 Å². The van der Waals surface area contributed by atoms with Crippen LogP contribution in [-0.4, -0.2) is 49.4 Å². The van der Waals surface area contributed by atoms with Gasteiger partial charge in [0.2, 0.25) is 15.9 Å². The quantitative estimate of drug-likeness (QED) is 0.666. The highest BCUT2D eigenvalue weighted by atomic mass is 32.2. The summed E-state index contributed by atoms with van der Waals surface area (Å²) < 4.78 is 26.9. The molecule has 5 nitrogen and oxygen atoms in total. The van der Waals surface area contributed by atoms with Crippen molar-refractivity contribution in [2.24, 2.45) is 5.92 Å². The summed E-state index contributed by atoms with van der Waals surface area (Å²) in [6.45, 7) is 1.45. The van der Waals surface area contributed by atoms with Crippen molar-refractivity contribution < 1.29 is 13.2 Å². The normalized spacial score (nSPS) is 15.9. The molecule has 0 unspecified atom stereocenters. The molecule has 0 atom stereocenters. The minimum absolute atomic E-state index is 0.0977. The molecular weight excluding hydrogens is 384 g/mol. The number of aryl methyl sites for hydroxylation is 1. The van der Waals surface area contributed by atoms with Gasteiger partial charge in [0.25, 0.3) is 0 Å². The molecule has 0 N–H and O–H groups in total. The predicted octanol–water partition coefficient (Wildman–Crippen LogP) is 3.32. The van der Waals surface area contributed by atoms with Gasteiger partial charge in [-0.25, -0.2) is 12.7 Å². The van der Waals surface area contributed by atoms with Gasteiger partial charge in [0, 0.05) is 32.6 Å². The number of sulfonamides is 1. The van der Waals surface area contributed by atoms with E-state index in [0.29, 0.717) is 38.9 Å². The van der Waals surface area contributed by atoms with E-state index in [0.717, 1.165) is 17.5 Å². The van der Waals surface area contributed by atoms with Crippen LogP contribution in [0.1, 0.15) is 30.4 Å². The Hall–Kier alpha value is -2.18. The first kappa shape index (κ1) is 21.5. The van der Waals surface area contributed by atoms with Crippen molar-refractivity contribution in [3.63, 3.8) is 0 Å². The van der Waals surface area contributed by atoms with Gasteiger partial charge in [-0.15, -0.1) is 0 Å². The number of hydrogen-bond acceptors (Lipinski definition) is 3. The van der Waals surface area contributed by atoms with E-state index in [1.807, 2.05) is 67.7 Å². The van der Waals surface area contributed by atoms with Gasteiger partial charge in [0.05, 0.1) is 5.75 Å². The Bertz CT molecular complexity index is 877. The topological polar surface area (TPSA) is 57.7 Å². The lowest BCUT2D eigenvalue weighted by atomic mass is 9.96. The summed E-state index contributed by atoms with van der Waals surface area (Å²) in [4.78, 5) is 14.5. The van der Waals surface area contributed by atoms with Crippen LogP contribution in [0.5, 0.6) is 0 Å².